The Morgan fingerprint density at radius 2 is 1.84 bits per heavy atom. The monoisotopic (exact) mass is 456 g/mol. The molecule has 0 aromatic carbocycles. The van der Waals surface area contributed by atoms with Gasteiger partial charge in [0.15, 0.2) is 9.77 Å². The first-order valence-corrected chi connectivity index (χ1v) is 11.8. The van der Waals surface area contributed by atoms with Crippen molar-refractivity contribution in [1.82, 2.24) is 9.88 Å². The summed E-state index contributed by atoms with van der Waals surface area (Å²) in [6, 6.07) is 1.48. The number of aromatic nitrogens is 1. The maximum Gasteiger partial charge on any atom is 0.417 e. The van der Waals surface area contributed by atoms with E-state index in [2.05, 4.69) is 23.2 Å². The van der Waals surface area contributed by atoms with Crippen LogP contribution in [-0.4, -0.2) is 42.0 Å². The van der Waals surface area contributed by atoms with Crippen molar-refractivity contribution in [2.45, 2.75) is 61.9 Å². The van der Waals surface area contributed by atoms with Gasteiger partial charge in [-0.25, -0.2) is 13.4 Å². The van der Waals surface area contributed by atoms with E-state index in [0.29, 0.717) is 31.3 Å². The maximum absolute atomic E-state index is 13.1. The van der Waals surface area contributed by atoms with Crippen LogP contribution in [0.5, 0.6) is 0 Å². The number of alkyl halides is 3. The van der Waals surface area contributed by atoms with Crippen LogP contribution in [-0.2, 0) is 20.8 Å². The first kappa shape index (κ1) is 23.5. The first-order chi connectivity index (χ1) is 14.4. The number of halogens is 3. The quantitative estimate of drug-likeness (QED) is 0.652. The molecule has 1 fully saturated rings. The number of sulfone groups is 1. The van der Waals surface area contributed by atoms with Crippen molar-refractivity contribution in [3.63, 3.8) is 0 Å². The molecule has 1 aromatic heterocycles. The summed E-state index contributed by atoms with van der Waals surface area (Å²) in [7, 11) is -4.27. The van der Waals surface area contributed by atoms with Gasteiger partial charge in [-0.2, -0.15) is 13.2 Å². The van der Waals surface area contributed by atoms with Crippen LogP contribution in [0.4, 0.5) is 13.2 Å². The summed E-state index contributed by atoms with van der Waals surface area (Å²) in [5.74, 6) is -0.112. The third kappa shape index (κ3) is 5.02. The Labute approximate surface area is 181 Å². The minimum Gasteiger partial charge on any atom is -0.341 e. The summed E-state index contributed by atoms with van der Waals surface area (Å²) in [5.41, 5.74) is 0.271. The number of piperidine rings is 1. The lowest BCUT2D eigenvalue weighted by atomic mass is 9.88. The lowest BCUT2D eigenvalue weighted by Crippen LogP contribution is -2.52. The van der Waals surface area contributed by atoms with Gasteiger partial charge in [0.1, 0.15) is 0 Å². The Balaban J connectivity index is 1.67. The molecular formula is C22H27F3N2O3S. The van der Waals surface area contributed by atoms with E-state index in [1.807, 2.05) is 0 Å². The lowest BCUT2D eigenvalue weighted by Gasteiger charge is -2.36. The lowest BCUT2D eigenvalue weighted by molar-refractivity contribution is -0.138. The molecule has 1 aromatic rings. The fourth-order valence-electron chi connectivity index (χ4n) is 3.96. The molecule has 1 aliphatic carbocycles. The standard InChI is InChI=1S/C22H27F3N2O3S/c1-21(2,31(29,30)19-9-8-18(15-26-19)22(23,24)25)20(28)27-12-10-17(11-13-27)14-16-6-4-3-5-7-16/h4,6-9,15,17H,3,5,10-14H2,1-2H3. The number of nitrogens with zero attached hydrogens (tertiary/aromatic N) is 2. The number of hydrogen-bond donors (Lipinski definition) is 0. The Morgan fingerprint density at radius 3 is 2.35 bits per heavy atom. The zero-order valence-electron chi connectivity index (χ0n) is 17.7. The van der Waals surface area contributed by atoms with Crippen molar-refractivity contribution in [1.29, 1.82) is 0 Å². The fraction of sp³-hybridized carbons (Fsp3) is 0.545. The molecular weight excluding hydrogens is 429 g/mol. The number of amides is 1. The molecule has 0 saturated carbocycles. The number of rotatable bonds is 5. The predicted octanol–water partition coefficient (Wildman–Crippen LogP) is 4.56. The molecule has 0 N–H and O–H groups in total. The zero-order valence-corrected chi connectivity index (χ0v) is 18.5. The number of allylic oxidation sites excluding steroid dienone is 4. The van der Waals surface area contributed by atoms with Crippen LogP contribution in [0.15, 0.2) is 47.2 Å². The fourth-order valence-corrected chi connectivity index (χ4v) is 5.28. The van der Waals surface area contributed by atoms with Crippen LogP contribution in [0.2, 0.25) is 0 Å². The van der Waals surface area contributed by atoms with Crippen molar-refractivity contribution in [2.24, 2.45) is 5.92 Å². The summed E-state index contributed by atoms with van der Waals surface area (Å²) in [6.07, 6.45) is 7.05. The number of carbonyl (C=O) groups excluding carboxylic acids is 1. The third-order valence-electron chi connectivity index (χ3n) is 6.02. The van der Waals surface area contributed by atoms with Gasteiger partial charge in [0.05, 0.1) is 5.56 Å². The van der Waals surface area contributed by atoms with Gasteiger partial charge in [-0.15, -0.1) is 0 Å². The molecule has 5 nitrogen and oxygen atoms in total. The normalized spacial score (nSPS) is 18.7. The second kappa shape index (κ2) is 8.76. The zero-order chi connectivity index (χ0) is 22.9. The molecule has 0 radical (unpaired) electrons. The molecule has 170 valence electrons. The highest BCUT2D eigenvalue weighted by atomic mass is 32.2. The highest BCUT2D eigenvalue weighted by Gasteiger charge is 2.46. The van der Waals surface area contributed by atoms with Crippen molar-refractivity contribution in [3.05, 3.63) is 47.7 Å². The van der Waals surface area contributed by atoms with E-state index in [4.69, 9.17) is 0 Å². The van der Waals surface area contributed by atoms with Crippen LogP contribution in [0.25, 0.3) is 0 Å². The molecule has 9 heteroatoms. The van der Waals surface area contributed by atoms with E-state index in [-0.39, 0.29) is 0 Å². The van der Waals surface area contributed by atoms with E-state index in [1.165, 1.54) is 19.4 Å². The summed E-state index contributed by atoms with van der Waals surface area (Å²) in [4.78, 5) is 18.1. The summed E-state index contributed by atoms with van der Waals surface area (Å²) in [5, 5.41) is -0.537. The van der Waals surface area contributed by atoms with Gasteiger partial charge in [0, 0.05) is 19.3 Å². The van der Waals surface area contributed by atoms with Crippen LogP contribution in [0, 0.1) is 5.92 Å². The van der Waals surface area contributed by atoms with Crippen molar-refractivity contribution >= 4 is 15.7 Å². The molecule has 2 aliphatic rings. The minimum atomic E-state index is -4.62. The van der Waals surface area contributed by atoms with E-state index in [1.54, 1.807) is 4.90 Å². The van der Waals surface area contributed by atoms with Crippen LogP contribution in [0.3, 0.4) is 0 Å². The van der Waals surface area contributed by atoms with Gasteiger partial charge < -0.3 is 4.90 Å². The van der Waals surface area contributed by atoms with Crippen molar-refractivity contribution in [2.75, 3.05) is 13.1 Å². The Hall–Kier alpha value is -2.16. The van der Waals surface area contributed by atoms with Gasteiger partial charge in [0.25, 0.3) is 0 Å². The van der Waals surface area contributed by atoms with Crippen molar-refractivity contribution < 1.29 is 26.4 Å². The second-order valence-electron chi connectivity index (χ2n) is 8.60. The van der Waals surface area contributed by atoms with Gasteiger partial charge >= 0.3 is 6.18 Å². The minimum absolute atomic E-state index is 0.439. The molecule has 1 amide bonds. The first-order valence-electron chi connectivity index (χ1n) is 10.4. The maximum atomic E-state index is 13.1. The van der Waals surface area contributed by atoms with E-state index >= 15 is 0 Å². The molecule has 31 heavy (non-hydrogen) atoms. The summed E-state index contributed by atoms with van der Waals surface area (Å²) in [6.45, 7) is 3.49. The van der Waals surface area contributed by atoms with E-state index in [9.17, 15) is 26.4 Å². The summed E-state index contributed by atoms with van der Waals surface area (Å²) < 4.78 is 62.4. The molecule has 2 heterocycles. The molecule has 3 rings (SSSR count). The largest absolute Gasteiger partial charge is 0.417 e. The van der Waals surface area contributed by atoms with Gasteiger partial charge in [-0.1, -0.05) is 23.8 Å². The van der Waals surface area contributed by atoms with E-state index < -0.39 is 37.3 Å². The second-order valence-corrected chi connectivity index (χ2v) is 11.0. The van der Waals surface area contributed by atoms with Gasteiger partial charge in [-0.05, 0) is 64.0 Å². The molecule has 0 bridgehead atoms. The topological polar surface area (TPSA) is 67.3 Å². The van der Waals surface area contributed by atoms with E-state index in [0.717, 1.165) is 38.2 Å². The number of carbonyl (C=O) groups is 1. The highest BCUT2D eigenvalue weighted by molar-refractivity contribution is 7.93. The predicted molar refractivity (Wildman–Crippen MR) is 111 cm³/mol. The molecule has 0 unspecified atom stereocenters. The third-order valence-corrected chi connectivity index (χ3v) is 8.33. The average molecular weight is 457 g/mol. The number of pyridine rings is 1. The van der Waals surface area contributed by atoms with Crippen molar-refractivity contribution in [3.8, 4) is 0 Å². The molecule has 1 saturated heterocycles. The molecule has 0 spiro atoms. The van der Waals surface area contributed by atoms with Gasteiger partial charge in [0.2, 0.25) is 15.7 Å². The Kier molecular flexibility index (Phi) is 6.64. The Bertz CT molecular complexity index is 972. The number of hydrogen-bond acceptors (Lipinski definition) is 4. The van der Waals surface area contributed by atoms with Crippen LogP contribution in [0.1, 0.15) is 51.5 Å². The van der Waals surface area contributed by atoms with Gasteiger partial charge in [-0.3, -0.25) is 4.79 Å². The molecule has 1 aliphatic heterocycles. The van der Waals surface area contributed by atoms with Crippen LogP contribution < -0.4 is 0 Å². The molecule has 0 atom stereocenters. The highest BCUT2D eigenvalue weighted by Crippen LogP contribution is 2.33. The summed E-state index contributed by atoms with van der Waals surface area (Å²) >= 11 is 0. The number of likely N-dealkylation sites (tertiary alicyclic amines) is 1. The Morgan fingerprint density at radius 1 is 1.16 bits per heavy atom. The average Bonchev–Trinajstić information content (AvgIpc) is 2.74. The smallest absolute Gasteiger partial charge is 0.341 e. The SMILES string of the molecule is CC(C)(C(=O)N1CCC(CC2=CCCC=C2)CC1)S(=O)(=O)c1ccc(C(F)(F)F)cn1. The van der Waals surface area contributed by atoms with Crippen LogP contribution >= 0.6 is 0 Å².